The minimum absolute atomic E-state index is 0.280. The maximum atomic E-state index is 9.12. The average molecular weight is 450 g/mol. The molecule has 0 fully saturated rings. The van der Waals surface area contributed by atoms with E-state index in [2.05, 4.69) is 25.9 Å². The number of nitrogens with zero attached hydrogens (tertiary/aromatic N) is 3. The number of rotatable bonds is 3. The average Bonchev–Trinajstić information content (AvgIpc) is 3.13. The summed E-state index contributed by atoms with van der Waals surface area (Å²) in [6.45, 7) is 0. The molecule has 4 rings (SSSR count). The van der Waals surface area contributed by atoms with E-state index in [1.807, 2.05) is 42.5 Å². The number of imidazole rings is 1. The van der Waals surface area contributed by atoms with Gasteiger partial charge >= 0.3 is 0 Å². The third-order valence-corrected chi connectivity index (χ3v) is 4.85. The highest BCUT2D eigenvalue weighted by molar-refractivity contribution is 9.10. The van der Waals surface area contributed by atoms with E-state index in [1.165, 1.54) is 0 Å². The lowest BCUT2D eigenvalue weighted by Crippen LogP contribution is -1.89. The van der Waals surface area contributed by atoms with Crippen LogP contribution in [0.4, 0.5) is 0 Å². The van der Waals surface area contributed by atoms with E-state index in [9.17, 15) is 0 Å². The molecule has 5 nitrogen and oxygen atoms in total. The van der Waals surface area contributed by atoms with Crippen LogP contribution in [0.15, 0.2) is 59.1 Å². The lowest BCUT2D eigenvalue weighted by Gasteiger charge is -2.07. The molecule has 0 saturated heterocycles. The first kappa shape index (κ1) is 18.1. The van der Waals surface area contributed by atoms with Gasteiger partial charge in [-0.3, -0.25) is 0 Å². The standard InChI is InChI=1S/C21H10BrClN4O/c22-15-8-18(23)20-19(9-15)26-21(27-20)12-1-4-16(5-2-12)28-17-6-3-13(10-24)14(7-17)11-25/h1-9H,(H,26,27). The number of hydrogen-bond acceptors (Lipinski definition) is 4. The molecular weight excluding hydrogens is 440 g/mol. The smallest absolute Gasteiger partial charge is 0.138 e. The van der Waals surface area contributed by atoms with E-state index in [4.69, 9.17) is 26.9 Å². The highest BCUT2D eigenvalue weighted by Gasteiger charge is 2.10. The summed E-state index contributed by atoms with van der Waals surface area (Å²) < 4.78 is 6.66. The summed E-state index contributed by atoms with van der Waals surface area (Å²) in [6, 6.07) is 19.9. The van der Waals surface area contributed by atoms with Gasteiger partial charge in [0.2, 0.25) is 0 Å². The van der Waals surface area contributed by atoms with Gasteiger partial charge in [0, 0.05) is 10.0 Å². The summed E-state index contributed by atoms with van der Waals surface area (Å²) >= 11 is 9.67. The monoisotopic (exact) mass is 448 g/mol. The van der Waals surface area contributed by atoms with Crippen LogP contribution in [0, 0.1) is 22.7 Å². The lowest BCUT2D eigenvalue weighted by molar-refractivity contribution is 0.482. The van der Waals surface area contributed by atoms with Crippen LogP contribution in [-0.4, -0.2) is 9.97 Å². The van der Waals surface area contributed by atoms with Crippen molar-refractivity contribution in [3.8, 4) is 35.0 Å². The molecule has 1 N–H and O–H groups in total. The number of nitrogens with one attached hydrogen (secondary N) is 1. The molecule has 0 bridgehead atoms. The van der Waals surface area contributed by atoms with Crippen molar-refractivity contribution in [2.75, 3.05) is 0 Å². The Labute approximate surface area is 173 Å². The van der Waals surface area contributed by atoms with Crippen LogP contribution < -0.4 is 4.74 Å². The second kappa shape index (κ2) is 7.36. The van der Waals surface area contributed by atoms with Crippen molar-refractivity contribution >= 4 is 38.6 Å². The fraction of sp³-hybridized carbons (Fsp3) is 0. The maximum absolute atomic E-state index is 9.12. The van der Waals surface area contributed by atoms with E-state index < -0.39 is 0 Å². The fourth-order valence-electron chi connectivity index (χ4n) is 2.77. The van der Waals surface area contributed by atoms with Gasteiger partial charge in [-0.2, -0.15) is 10.5 Å². The lowest BCUT2D eigenvalue weighted by atomic mass is 10.1. The van der Waals surface area contributed by atoms with Crippen LogP contribution in [0.3, 0.4) is 0 Å². The molecule has 1 aromatic heterocycles. The molecule has 0 spiro atoms. The normalized spacial score (nSPS) is 10.4. The Bertz CT molecular complexity index is 1280. The summed E-state index contributed by atoms with van der Waals surface area (Å²) in [5.74, 6) is 1.80. The number of halogens is 2. The molecule has 3 aromatic carbocycles. The van der Waals surface area contributed by atoms with Gasteiger partial charge in [-0.15, -0.1) is 0 Å². The Balaban J connectivity index is 1.60. The van der Waals surface area contributed by atoms with Gasteiger partial charge in [-0.25, -0.2) is 4.98 Å². The van der Waals surface area contributed by atoms with Gasteiger partial charge in [-0.1, -0.05) is 27.5 Å². The maximum Gasteiger partial charge on any atom is 0.138 e. The molecule has 1 heterocycles. The molecule has 0 aliphatic rings. The Morgan fingerprint density at radius 2 is 1.64 bits per heavy atom. The number of nitriles is 2. The Morgan fingerprint density at radius 1 is 0.929 bits per heavy atom. The number of benzene rings is 3. The van der Waals surface area contributed by atoms with Crippen molar-refractivity contribution in [2.45, 2.75) is 0 Å². The quantitative estimate of drug-likeness (QED) is 0.404. The molecule has 0 aliphatic heterocycles. The van der Waals surface area contributed by atoms with E-state index in [1.54, 1.807) is 24.3 Å². The van der Waals surface area contributed by atoms with Gasteiger partial charge in [0.1, 0.15) is 35.0 Å². The zero-order chi connectivity index (χ0) is 19.7. The number of fused-ring (bicyclic) bond motifs is 1. The van der Waals surface area contributed by atoms with Crippen LogP contribution in [-0.2, 0) is 0 Å². The van der Waals surface area contributed by atoms with Crippen LogP contribution in [0.1, 0.15) is 11.1 Å². The molecule has 134 valence electrons. The first-order valence-electron chi connectivity index (χ1n) is 8.14. The Morgan fingerprint density at radius 3 is 2.36 bits per heavy atom. The van der Waals surface area contributed by atoms with Gasteiger partial charge in [0.25, 0.3) is 0 Å². The van der Waals surface area contributed by atoms with Crippen molar-refractivity contribution in [1.29, 1.82) is 10.5 Å². The fourth-order valence-corrected chi connectivity index (χ4v) is 3.62. The minimum Gasteiger partial charge on any atom is -0.457 e. The largest absolute Gasteiger partial charge is 0.457 e. The highest BCUT2D eigenvalue weighted by atomic mass is 79.9. The van der Waals surface area contributed by atoms with Gasteiger partial charge in [-0.05, 0) is 54.6 Å². The molecule has 0 unspecified atom stereocenters. The number of aromatic amines is 1. The van der Waals surface area contributed by atoms with Gasteiger partial charge in [0.05, 0.1) is 21.7 Å². The van der Waals surface area contributed by atoms with Gasteiger partial charge < -0.3 is 9.72 Å². The van der Waals surface area contributed by atoms with E-state index in [0.717, 1.165) is 15.6 Å². The topological polar surface area (TPSA) is 85.5 Å². The predicted molar refractivity (Wildman–Crippen MR) is 110 cm³/mol. The van der Waals surface area contributed by atoms with E-state index >= 15 is 0 Å². The SMILES string of the molecule is N#Cc1ccc(Oc2ccc(-c3nc4c(Cl)cc(Br)cc4[nH]3)cc2)cc1C#N. The highest BCUT2D eigenvalue weighted by Crippen LogP contribution is 2.30. The van der Waals surface area contributed by atoms with Crippen LogP contribution in [0.25, 0.3) is 22.4 Å². The molecular formula is C21H10BrClN4O. The molecule has 7 heteroatoms. The predicted octanol–water partition coefficient (Wildman–Crippen LogP) is 6.18. The second-order valence-electron chi connectivity index (χ2n) is 5.93. The number of ether oxygens (including phenoxy) is 1. The van der Waals surface area contributed by atoms with Crippen LogP contribution >= 0.6 is 27.5 Å². The van der Waals surface area contributed by atoms with Crippen molar-refractivity contribution in [3.63, 3.8) is 0 Å². The summed E-state index contributed by atoms with van der Waals surface area (Å²) in [7, 11) is 0. The molecule has 4 aromatic rings. The number of hydrogen-bond donors (Lipinski definition) is 1. The zero-order valence-electron chi connectivity index (χ0n) is 14.2. The molecule has 28 heavy (non-hydrogen) atoms. The second-order valence-corrected chi connectivity index (χ2v) is 7.25. The molecule has 0 atom stereocenters. The zero-order valence-corrected chi connectivity index (χ0v) is 16.5. The van der Waals surface area contributed by atoms with Crippen molar-refractivity contribution < 1.29 is 4.74 Å². The third kappa shape index (κ3) is 3.44. The first-order chi connectivity index (χ1) is 13.6. The van der Waals surface area contributed by atoms with Crippen molar-refractivity contribution in [3.05, 3.63) is 75.2 Å². The Kier molecular flexibility index (Phi) is 4.75. The summed E-state index contributed by atoms with van der Waals surface area (Å²) in [5, 5.41) is 18.7. The molecule has 0 aliphatic carbocycles. The number of H-pyrrole nitrogens is 1. The van der Waals surface area contributed by atoms with E-state index in [0.29, 0.717) is 33.4 Å². The molecule has 0 radical (unpaired) electrons. The summed E-state index contributed by atoms with van der Waals surface area (Å²) in [6.07, 6.45) is 0. The third-order valence-electron chi connectivity index (χ3n) is 4.10. The molecule has 0 saturated carbocycles. The van der Waals surface area contributed by atoms with Crippen molar-refractivity contribution in [2.24, 2.45) is 0 Å². The molecule has 0 amide bonds. The summed E-state index contributed by atoms with van der Waals surface area (Å²) in [5.41, 5.74) is 3.04. The van der Waals surface area contributed by atoms with Crippen molar-refractivity contribution in [1.82, 2.24) is 9.97 Å². The van der Waals surface area contributed by atoms with Gasteiger partial charge in [0.15, 0.2) is 0 Å². The Hall–Kier alpha value is -3.32. The van der Waals surface area contributed by atoms with Crippen LogP contribution in [0.5, 0.6) is 11.5 Å². The van der Waals surface area contributed by atoms with E-state index in [-0.39, 0.29) is 5.56 Å². The minimum atomic E-state index is 0.280. The first-order valence-corrected chi connectivity index (χ1v) is 9.32. The summed E-state index contributed by atoms with van der Waals surface area (Å²) in [4.78, 5) is 7.82. The number of aromatic nitrogens is 2. The van der Waals surface area contributed by atoms with Crippen LogP contribution in [0.2, 0.25) is 5.02 Å².